The lowest BCUT2D eigenvalue weighted by Crippen LogP contribution is -2.45. The van der Waals surface area contributed by atoms with Crippen molar-refractivity contribution in [3.63, 3.8) is 0 Å². The van der Waals surface area contributed by atoms with E-state index in [2.05, 4.69) is 15.6 Å². The molecule has 0 saturated heterocycles. The minimum Gasteiger partial charge on any atom is -0.394 e. The Morgan fingerprint density at radius 3 is 2.45 bits per heavy atom. The molecule has 5 nitrogen and oxygen atoms in total. The summed E-state index contributed by atoms with van der Waals surface area (Å²) >= 11 is 0. The number of nitrogens with one attached hydrogen (secondary N) is 2. The molecule has 1 heterocycles. The molecule has 2 aromatic rings. The van der Waals surface area contributed by atoms with E-state index in [1.54, 1.807) is 12.4 Å². The average Bonchev–Trinajstić information content (AvgIpc) is 2.56. The van der Waals surface area contributed by atoms with Gasteiger partial charge in [0.25, 0.3) is 0 Å². The third-order valence-corrected chi connectivity index (χ3v) is 3.43. The van der Waals surface area contributed by atoms with Crippen LogP contribution in [0, 0.1) is 0 Å². The third-order valence-electron chi connectivity index (χ3n) is 3.43. The molecule has 0 aliphatic heterocycles. The number of nitrogens with zero attached hydrogens (tertiary/aromatic N) is 1. The molecule has 0 spiro atoms. The number of amides is 2. The molecular weight excluding hydrogens is 278 g/mol. The molecule has 0 radical (unpaired) electrons. The van der Waals surface area contributed by atoms with Crippen molar-refractivity contribution in [2.24, 2.45) is 0 Å². The maximum absolute atomic E-state index is 12.0. The maximum Gasteiger partial charge on any atom is 0.315 e. The van der Waals surface area contributed by atoms with Crippen molar-refractivity contribution in [1.29, 1.82) is 0 Å². The van der Waals surface area contributed by atoms with Gasteiger partial charge in [-0.05, 0) is 36.6 Å². The van der Waals surface area contributed by atoms with Crippen LogP contribution in [0.15, 0.2) is 54.9 Å². The highest BCUT2D eigenvalue weighted by Crippen LogP contribution is 2.10. The highest BCUT2D eigenvalue weighted by molar-refractivity contribution is 5.74. The van der Waals surface area contributed by atoms with Crippen molar-refractivity contribution in [3.05, 3.63) is 66.0 Å². The second kappa shape index (κ2) is 8.14. The minimum atomic E-state index is -0.313. The molecule has 5 heteroatoms. The van der Waals surface area contributed by atoms with Gasteiger partial charge in [-0.1, -0.05) is 30.3 Å². The SMILES string of the molecule is CC(NC(=O)N[C@H](CO)Cc1ccccc1)c1ccncc1. The van der Waals surface area contributed by atoms with Crippen LogP contribution in [0.4, 0.5) is 4.79 Å². The second-order valence-corrected chi connectivity index (χ2v) is 5.19. The van der Waals surface area contributed by atoms with Gasteiger partial charge in [-0.3, -0.25) is 4.98 Å². The molecule has 116 valence electrons. The largest absolute Gasteiger partial charge is 0.394 e. The van der Waals surface area contributed by atoms with E-state index in [-0.39, 0.29) is 24.7 Å². The fraction of sp³-hybridized carbons (Fsp3) is 0.294. The van der Waals surface area contributed by atoms with Crippen LogP contribution >= 0.6 is 0 Å². The predicted molar refractivity (Wildman–Crippen MR) is 85.3 cm³/mol. The van der Waals surface area contributed by atoms with Gasteiger partial charge in [0.2, 0.25) is 0 Å². The summed E-state index contributed by atoms with van der Waals surface area (Å²) in [5, 5.41) is 15.1. The molecule has 2 amide bonds. The van der Waals surface area contributed by atoms with E-state index in [0.717, 1.165) is 11.1 Å². The molecule has 0 aliphatic rings. The standard InChI is InChI=1S/C17H21N3O2/c1-13(15-7-9-18-10-8-15)19-17(22)20-16(12-21)11-14-5-3-2-4-6-14/h2-10,13,16,21H,11-12H2,1H3,(H2,19,20,22)/t13?,16-/m0/s1. The van der Waals surface area contributed by atoms with Gasteiger partial charge in [0.15, 0.2) is 0 Å². The Labute approximate surface area is 130 Å². The van der Waals surface area contributed by atoms with E-state index in [4.69, 9.17) is 0 Å². The van der Waals surface area contributed by atoms with Gasteiger partial charge in [-0.15, -0.1) is 0 Å². The molecule has 0 saturated carbocycles. The summed E-state index contributed by atoms with van der Waals surface area (Å²) in [6.45, 7) is 1.80. The van der Waals surface area contributed by atoms with Gasteiger partial charge in [-0.25, -0.2) is 4.79 Å². The van der Waals surface area contributed by atoms with Crippen LogP contribution in [0.25, 0.3) is 0 Å². The monoisotopic (exact) mass is 299 g/mol. The molecule has 0 aliphatic carbocycles. The Kier molecular flexibility index (Phi) is 5.91. The fourth-order valence-corrected chi connectivity index (χ4v) is 2.22. The molecule has 1 unspecified atom stereocenters. The van der Waals surface area contributed by atoms with Crippen molar-refractivity contribution in [1.82, 2.24) is 15.6 Å². The zero-order chi connectivity index (χ0) is 15.8. The number of benzene rings is 1. The summed E-state index contributed by atoms with van der Waals surface area (Å²) in [5.41, 5.74) is 2.05. The van der Waals surface area contributed by atoms with Crippen LogP contribution in [0.1, 0.15) is 24.1 Å². The van der Waals surface area contributed by atoms with Crippen LogP contribution in [0.2, 0.25) is 0 Å². The first-order valence-corrected chi connectivity index (χ1v) is 7.30. The predicted octanol–water partition coefficient (Wildman–Crippen LogP) is 2.05. The van der Waals surface area contributed by atoms with Gasteiger partial charge in [0.05, 0.1) is 18.7 Å². The summed E-state index contributed by atoms with van der Waals surface area (Å²) < 4.78 is 0. The zero-order valence-corrected chi connectivity index (χ0v) is 12.6. The maximum atomic E-state index is 12.0. The number of aliphatic hydroxyl groups is 1. The Hall–Kier alpha value is -2.40. The smallest absolute Gasteiger partial charge is 0.315 e. The molecule has 2 atom stereocenters. The first-order chi connectivity index (χ1) is 10.7. The molecule has 1 aromatic carbocycles. The van der Waals surface area contributed by atoms with Gasteiger partial charge in [0, 0.05) is 12.4 Å². The van der Waals surface area contributed by atoms with Crippen molar-refractivity contribution < 1.29 is 9.90 Å². The van der Waals surface area contributed by atoms with E-state index in [0.29, 0.717) is 6.42 Å². The third kappa shape index (κ3) is 4.86. The summed E-state index contributed by atoms with van der Waals surface area (Å²) in [6, 6.07) is 12.8. The molecule has 0 fully saturated rings. The van der Waals surface area contributed by atoms with E-state index < -0.39 is 0 Å². The average molecular weight is 299 g/mol. The van der Waals surface area contributed by atoms with E-state index in [1.807, 2.05) is 49.4 Å². The van der Waals surface area contributed by atoms with Gasteiger partial charge in [-0.2, -0.15) is 0 Å². The summed E-state index contributed by atoms with van der Waals surface area (Å²) in [7, 11) is 0. The lowest BCUT2D eigenvalue weighted by Gasteiger charge is -2.20. The second-order valence-electron chi connectivity index (χ2n) is 5.19. The van der Waals surface area contributed by atoms with E-state index >= 15 is 0 Å². The summed E-state index contributed by atoms with van der Waals surface area (Å²) in [4.78, 5) is 16.0. The van der Waals surface area contributed by atoms with E-state index in [1.165, 1.54) is 0 Å². The topological polar surface area (TPSA) is 74.2 Å². The summed E-state index contributed by atoms with van der Waals surface area (Å²) in [6.07, 6.45) is 3.98. The zero-order valence-electron chi connectivity index (χ0n) is 12.6. The van der Waals surface area contributed by atoms with Crippen LogP contribution in [0.5, 0.6) is 0 Å². The number of hydrogen-bond acceptors (Lipinski definition) is 3. The lowest BCUT2D eigenvalue weighted by molar-refractivity contribution is 0.213. The number of hydrogen-bond donors (Lipinski definition) is 3. The molecule has 22 heavy (non-hydrogen) atoms. The van der Waals surface area contributed by atoms with Crippen LogP contribution in [-0.2, 0) is 6.42 Å². The van der Waals surface area contributed by atoms with Gasteiger partial charge in [0.1, 0.15) is 0 Å². The molecule has 3 N–H and O–H groups in total. The number of carbonyl (C=O) groups excluding carboxylic acids is 1. The molecule has 1 aromatic heterocycles. The van der Waals surface area contributed by atoms with Crippen molar-refractivity contribution in [2.75, 3.05) is 6.61 Å². The first kappa shape index (κ1) is 16.0. The quantitative estimate of drug-likeness (QED) is 0.764. The van der Waals surface area contributed by atoms with Crippen molar-refractivity contribution in [3.8, 4) is 0 Å². The lowest BCUT2D eigenvalue weighted by atomic mass is 10.1. The van der Waals surface area contributed by atoms with Crippen LogP contribution < -0.4 is 10.6 Å². The number of pyridine rings is 1. The minimum absolute atomic E-state index is 0.105. The van der Waals surface area contributed by atoms with Gasteiger partial charge >= 0.3 is 6.03 Å². The van der Waals surface area contributed by atoms with E-state index in [9.17, 15) is 9.90 Å². The summed E-state index contributed by atoms with van der Waals surface area (Å²) in [5.74, 6) is 0. The van der Waals surface area contributed by atoms with Crippen molar-refractivity contribution >= 4 is 6.03 Å². The fourth-order valence-electron chi connectivity index (χ4n) is 2.22. The Balaban J connectivity index is 1.87. The highest BCUT2D eigenvalue weighted by Gasteiger charge is 2.14. The number of urea groups is 1. The number of aliphatic hydroxyl groups excluding tert-OH is 1. The first-order valence-electron chi connectivity index (χ1n) is 7.30. The Bertz CT molecular complexity index is 575. The molecule has 2 rings (SSSR count). The number of aromatic nitrogens is 1. The normalized spacial score (nSPS) is 13.2. The number of rotatable bonds is 6. The van der Waals surface area contributed by atoms with Crippen molar-refractivity contribution in [2.45, 2.75) is 25.4 Å². The Morgan fingerprint density at radius 2 is 1.82 bits per heavy atom. The van der Waals surface area contributed by atoms with Crippen LogP contribution in [-0.4, -0.2) is 28.8 Å². The number of carbonyl (C=O) groups is 1. The van der Waals surface area contributed by atoms with Gasteiger partial charge < -0.3 is 15.7 Å². The van der Waals surface area contributed by atoms with Crippen LogP contribution in [0.3, 0.4) is 0 Å². The Morgan fingerprint density at radius 1 is 1.14 bits per heavy atom. The molecule has 0 bridgehead atoms. The highest BCUT2D eigenvalue weighted by atomic mass is 16.3. The molecular formula is C17H21N3O2.